The van der Waals surface area contributed by atoms with Crippen molar-refractivity contribution >= 4 is 23.5 Å². The molecule has 2 aromatic rings. The van der Waals surface area contributed by atoms with Crippen LogP contribution in [0.4, 0.5) is 11.6 Å². The molecule has 0 aliphatic heterocycles. The first kappa shape index (κ1) is 24.8. The normalized spacial score (nSPS) is 12.3. The minimum atomic E-state index is -0.888. The van der Waals surface area contributed by atoms with E-state index in [2.05, 4.69) is 25.6 Å². The fraction of sp³-hybridized carbons (Fsp3) is 0.429. The Kier molecular flexibility index (Phi) is 9.64. The zero-order valence-corrected chi connectivity index (χ0v) is 18.3. The predicted octanol–water partition coefficient (Wildman–Crippen LogP) is 0.208. The monoisotopic (exact) mass is 445 g/mol. The largest absolute Gasteiger partial charge is 0.491 e. The van der Waals surface area contributed by atoms with Gasteiger partial charge in [-0.05, 0) is 43.9 Å². The number of aliphatic hydroxyl groups is 2. The van der Waals surface area contributed by atoms with E-state index in [1.165, 1.54) is 0 Å². The first-order valence-electron chi connectivity index (χ1n) is 10.3. The van der Waals surface area contributed by atoms with Crippen LogP contribution in [0.5, 0.6) is 5.75 Å². The van der Waals surface area contributed by atoms with Gasteiger partial charge in [-0.25, -0.2) is 9.97 Å². The summed E-state index contributed by atoms with van der Waals surface area (Å²) in [7, 11) is 1.62. The lowest BCUT2D eigenvalue weighted by molar-refractivity contribution is 0.0536. The summed E-state index contributed by atoms with van der Waals surface area (Å²) >= 11 is 0. The number of carbonyl (C=O) groups excluding carboxylic acids is 1. The lowest BCUT2D eigenvalue weighted by atomic mass is 10.1. The summed E-state index contributed by atoms with van der Waals surface area (Å²) in [5, 5.41) is 23.4. The average Bonchev–Trinajstić information content (AvgIpc) is 2.79. The van der Waals surface area contributed by atoms with Crippen LogP contribution in [0.25, 0.3) is 0 Å². The van der Waals surface area contributed by atoms with Crippen molar-refractivity contribution in [1.29, 1.82) is 0 Å². The molecule has 1 atom stereocenters. The van der Waals surface area contributed by atoms with Gasteiger partial charge in [0.1, 0.15) is 24.3 Å². The van der Waals surface area contributed by atoms with Crippen LogP contribution in [0.15, 0.2) is 29.3 Å². The van der Waals surface area contributed by atoms with Crippen molar-refractivity contribution in [2.24, 2.45) is 10.7 Å². The van der Waals surface area contributed by atoms with E-state index < -0.39 is 12.0 Å². The van der Waals surface area contributed by atoms with Crippen molar-refractivity contribution in [1.82, 2.24) is 15.3 Å². The number of nitrogen functional groups attached to an aromatic ring is 1. The summed E-state index contributed by atoms with van der Waals surface area (Å²) in [6, 6.07) is 7.56. The van der Waals surface area contributed by atoms with Crippen LogP contribution >= 0.6 is 0 Å². The summed E-state index contributed by atoms with van der Waals surface area (Å²) in [5.41, 5.74) is 13.2. The summed E-state index contributed by atoms with van der Waals surface area (Å²) < 4.78 is 5.38. The molecule has 0 saturated heterocycles. The summed E-state index contributed by atoms with van der Waals surface area (Å²) in [6.45, 7) is 1.85. The molecule has 1 amide bonds. The molecule has 174 valence electrons. The van der Waals surface area contributed by atoms with Gasteiger partial charge in [-0.15, -0.1) is 0 Å². The van der Waals surface area contributed by atoms with Gasteiger partial charge in [0.25, 0.3) is 5.91 Å². The van der Waals surface area contributed by atoms with E-state index in [-0.39, 0.29) is 36.5 Å². The molecule has 0 aliphatic carbocycles. The van der Waals surface area contributed by atoms with Gasteiger partial charge in [-0.3, -0.25) is 15.1 Å². The topological polar surface area (TPSA) is 181 Å². The van der Waals surface area contributed by atoms with Crippen molar-refractivity contribution in [3.05, 3.63) is 41.2 Å². The third-order valence-corrected chi connectivity index (χ3v) is 4.53. The molecule has 0 fully saturated rings. The van der Waals surface area contributed by atoms with Gasteiger partial charge in [0, 0.05) is 13.6 Å². The SMILES string of the molecule is CNc1nc(N)c(C)nc1C(=O)NC(N)=NCCCCc1ccc(OCC(O)CO)cc1. The number of nitrogens with two attached hydrogens (primary N) is 2. The van der Waals surface area contributed by atoms with Gasteiger partial charge in [0.15, 0.2) is 17.5 Å². The van der Waals surface area contributed by atoms with Gasteiger partial charge in [-0.1, -0.05) is 12.1 Å². The number of hydrogen-bond acceptors (Lipinski definition) is 9. The average molecular weight is 446 g/mol. The zero-order chi connectivity index (χ0) is 23.5. The second-order valence-electron chi connectivity index (χ2n) is 7.11. The predicted molar refractivity (Wildman–Crippen MR) is 123 cm³/mol. The van der Waals surface area contributed by atoms with E-state index in [0.717, 1.165) is 24.8 Å². The number of carbonyl (C=O) groups is 1. The molecule has 0 spiro atoms. The minimum absolute atomic E-state index is 0.0138. The Labute approximate surface area is 186 Å². The molecule has 0 saturated carbocycles. The first-order valence-corrected chi connectivity index (χ1v) is 10.3. The molecule has 1 heterocycles. The lowest BCUT2D eigenvalue weighted by Crippen LogP contribution is -2.38. The van der Waals surface area contributed by atoms with Gasteiger partial charge < -0.3 is 31.7 Å². The quantitative estimate of drug-likeness (QED) is 0.160. The van der Waals surface area contributed by atoms with Crippen LogP contribution in [0.2, 0.25) is 0 Å². The Hall–Kier alpha value is -3.44. The van der Waals surface area contributed by atoms with Crippen molar-refractivity contribution < 1.29 is 19.7 Å². The Morgan fingerprint density at radius 2 is 1.97 bits per heavy atom. The molecule has 0 aliphatic rings. The molecule has 11 nitrogen and oxygen atoms in total. The fourth-order valence-electron chi connectivity index (χ4n) is 2.72. The molecule has 32 heavy (non-hydrogen) atoms. The molecule has 8 N–H and O–H groups in total. The highest BCUT2D eigenvalue weighted by atomic mass is 16.5. The van der Waals surface area contributed by atoms with Gasteiger partial charge in [-0.2, -0.15) is 0 Å². The Morgan fingerprint density at radius 1 is 1.25 bits per heavy atom. The third kappa shape index (κ3) is 7.67. The standard InChI is InChI=1S/C21H31N7O4/c1-13-18(22)27-19(24-2)17(26-13)20(31)28-21(23)25-10-4-3-5-14-6-8-16(9-7-14)32-12-15(30)11-29/h6-9,15,29-30H,3-5,10-12H2,1-2H3,(H3,22,24,27)(H3,23,25,28,31). The minimum Gasteiger partial charge on any atom is -0.491 e. The first-order chi connectivity index (χ1) is 15.3. The van der Waals surface area contributed by atoms with Crippen LogP contribution in [0.3, 0.4) is 0 Å². The molecule has 0 bridgehead atoms. The van der Waals surface area contributed by atoms with Crippen LogP contribution in [-0.2, 0) is 6.42 Å². The second kappa shape index (κ2) is 12.4. The number of nitrogens with zero attached hydrogens (tertiary/aromatic N) is 3. The van der Waals surface area contributed by atoms with E-state index in [9.17, 15) is 9.90 Å². The van der Waals surface area contributed by atoms with Gasteiger partial charge in [0.05, 0.1) is 12.3 Å². The molecule has 1 aromatic carbocycles. The van der Waals surface area contributed by atoms with Crippen LogP contribution in [0, 0.1) is 6.92 Å². The number of anilines is 2. The van der Waals surface area contributed by atoms with E-state index >= 15 is 0 Å². The Balaban J connectivity index is 1.75. The number of unbranched alkanes of at least 4 members (excludes halogenated alkanes) is 1. The Bertz CT molecular complexity index is 919. The third-order valence-electron chi connectivity index (χ3n) is 4.53. The van der Waals surface area contributed by atoms with Crippen LogP contribution in [-0.4, -0.2) is 65.0 Å². The van der Waals surface area contributed by atoms with E-state index in [4.69, 9.17) is 21.3 Å². The molecule has 1 aromatic heterocycles. The highest BCUT2D eigenvalue weighted by Crippen LogP contribution is 2.15. The summed E-state index contributed by atoms with van der Waals surface area (Å²) in [4.78, 5) is 24.9. The number of aromatic nitrogens is 2. The number of guanidine groups is 1. The molecule has 0 radical (unpaired) electrons. The lowest BCUT2D eigenvalue weighted by Gasteiger charge is -2.10. The van der Waals surface area contributed by atoms with Crippen molar-refractivity contribution in [2.45, 2.75) is 32.3 Å². The number of hydrogen-bond donors (Lipinski definition) is 6. The van der Waals surface area contributed by atoms with Crippen LogP contribution in [0.1, 0.15) is 34.6 Å². The number of aliphatic hydroxyl groups excluding tert-OH is 2. The highest BCUT2D eigenvalue weighted by Gasteiger charge is 2.17. The summed E-state index contributed by atoms with van der Waals surface area (Å²) in [6.07, 6.45) is 1.65. The number of ether oxygens (including phenoxy) is 1. The van der Waals surface area contributed by atoms with E-state index in [0.29, 0.717) is 18.0 Å². The number of amides is 1. The van der Waals surface area contributed by atoms with E-state index in [1.807, 2.05) is 24.3 Å². The highest BCUT2D eigenvalue weighted by molar-refractivity contribution is 6.06. The van der Waals surface area contributed by atoms with Crippen molar-refractivity contribution in [2.75, 3.05) is 37.9 Å². The molecular formula is C21H31N7O4. The van der Waals surface area contributed by atoms with Crippen molar-refractivity contribution in [3.63, 3.8) is 0 Å². The number of aliphatic imine (C=N–C) groups is 1. The number of nitrogens with one attached hydrogen (secondary N) is 2. The van der Waals surface area contributed by atoms with E-state index in [1.54, 1.807) is 14.0 Å². The van der Waals surface area contributed by atoms with Crippen molar-refractivity contribution in [3.8, 4) is 5.75 Å². The Morgan fingerprint density at radius 3 is 2.62 bits per heavy atom. The summed E-state index contributed by atoms with van der Waals surface area (Å²) in [5.74, 6) is 0.645. The zero-order valence-electron chi connectivity index (χ0n) is 18.3. The maximum atomic E-state index is 12.4. The maximum absolute atomic E-state index is 12.4. The number of benzene rings is 1. The maximum Gasteiger partial charge on any atom is 0.280 e. The molecule has 1 unspecified atom stereocenters. The molecule has 11 heteroatoms. The molecular weight excluding hydrogens is 414 g/mol. The fourth-order valence-corrected chi connectivity index (χ4v) is 2.72. The number of aryl methyl sites for hydroxylation is 2. The second-order valence-corrected chi connectivity index (χ2v) is 7.11. The van der Waals surface area contributed by atoms with Gasteiger partial charge in [0.2, 0.25) is 0 Å². The van der Waals surface area contributed by atoms with Gasteiger partial charge >= 0.3 is 0 Å². The van der Waals surface area contributed by atoms with Crippen LogP contribution < -0.4 is 26.8 Å². The number of rotatable bonds is 11. The smallest absolute Gasteiger partial charge is 0.280 e. The molecule has 2 rings (SSSR count).